The second kappa shape index (κ2) is 9.22. The summed E-state index contributed by atoms with van der Waals surface area (Å²) in [5, 5.41) is 0.620. The standard InChI is InChI=1S/C24H24N2O4S/c1-4-29-18-10-8-17(9-11-18)14-21(27)26(15-19-6-5-13-30-19)24-25-22-20(28-3)12-7-16(2)23(22)31-24/h5-13H,4,14-15H2,1-3H3. The molecule has 160 valence electrons. The van der Waals surface area contributed by atoms with Crippen molar-refractivity contribution in [3.63, 3.8) is 0 Å². The van der Waals surface area contributed by atoms with Crippen molar-refractivity contribution in [3.8, 4) is 11.5 Å². The maximum atomic E-state index is 13.4. The van der Waals surface area contributed by atoms with E-state index in [9.17, 15) is 4.79 Å². The van der Waals surface area contributed by atoms with Crippen molar-refractivity contribution in [1.29, 1.82) is 0 Å². The molecule has 0 saturated heterocycles. The van der Waals surface area contributed by atoms with Gasteiger partial charge >= 0.3 is 0 Å². The largest absolute Gasteiger partial charge is 0.494 e. The van der Waals surface area contributed by atoms with E-state index >= 15 is 0 Å². The van der Waals surface area contributed by atoms with Gasteiger partial charge in [-0.2, -0.15) is 0 Å². The maximum Gasteiger partial charge on any atom is 0.233 e. The second-order valence-electron chi connectivity index (χ2n) is 7.07. The topological polar surface area (TPSA) is 64.8 Å². The van der Waals surface area contributed by atoms with Gasteiger partial charge in [-0.3, -0.25) is 9.69 Å². The zero-order valence-corrected chi connectivity index (χ0v) is 18.6. The van der Waals surface area contributed by atoms with Crippen molar-refractivity contribution < 1.29 is 18.7 Å². The number of anilines is 1. The molecule has 1 amide bonds. The summed E-state index contributed by atoms with van der Waals surface area (Å²) in [4.78, 5) is 19.8. The fourth-order valence-corrected chi connectivity index (χ4v) is 4.41. The summed E-state index contributed by atoms with van der Waals surface area (Å²) >= 11 is 1.48. The van der Waals surface area contributed by atoms with Gasteiger partial charge in [0, 0.05) is 0 Å². The number of carbonyl (C=O) groups excluding carboxylic acids is 1. The molecular weight excluding hydrogens is 412 g/mol. The van der Waals surface area contributed by atoms with Crippen LogP contribution in [-0.2, 0) is 17.8 Å². The zero-order chi connectivity index (χ0) is 21.8. The first-order valence-electron chi connectivity index (χ1n) is 10.1. The first kappa shape index (κ1) is 20.9. The van der Waals surface area contributed by atoms with E-state index in [1.165, 1.54) is 11.3 Å². The van der Waals surface area contributed by atoms with Gasteiger partial charge in [0.1, 0.15) is 22.8 Å². The van der Waals surface area contributed by atoms with E-state index in [0.717, 1.165) is 27.1 Å². The molecule has 2 aromatic heterocycles. The van der Waals surface area contributed by atoms with Crippen LogP contribution in [-0.4, -0.2) is 24.6 Å². The number of aromatic nitrogens is 1. The first-order chi connectivity index (χ1) is 15.1. The van der Waals surface area contributed by atoms with E-state index in [2.05, 4.69) is 0 Å². The Kier molecular flexibility index (Phi) is 6.23. The Balaban J connectivity index is 1.66. The van der Waals surface area contributed by atoms with Crippen LogP contribution >= 0.6 is 11.3 Å². The van der Waals surface area contributed by atoms with Crippen molar-refractivity contribution in [3.05, 3.63) is 71.7 Å². The number of carbonyl (C=O) groups is 1. The molecule has 0 fully saturated rings. The van der Waals surface area contributed by atoms with Gasteiger partial charge in [0.2, 0.25) is 5.91 Å². The van der Waals surface area contributed by atoms with Gasteiger partial charge < -0.3 is 13.9 Å². The summed E-state index contributed by atoms with van der Waals surface area (Å²) < 4.78 is 17.5. The molecule has 0 atom stereocenters. The van der Waals surface area contributed by atoms with Gasteiger partial charge in [-0.25, -0.2) is 4.98 Å². The van der Waals surface area contributed by atoms with Crippen molar-refractivity contribution in [1.82, 2.24) is 4.98 Å². The summed E-state index contributed by atoms with van der Waals surface area (Å²) in [6.07, 6.45) is 1.86. The fourth-order valence-electron chi connectivity index (χ4n) is 3.34. The number of ether oxygens (including phenoxy) is 2. The van der Waals surface area contributed by atoms with Crippen LogP contribution in [0.25, 0.3) is 10.2 Å². The van der Waals surface area contributed by atoms with Crippen LogP contribution in [0.3, 0.4) is 0 Å². The molecule has 4 aromatic rings. The van der Waals surface area contributed by atoms with Crippen LogP contribution in [0.4, 0.5) is 5.13 Å². The number of fused-ring (bicyclic) bond motifs is 1. The van der Waals surface area contributed by atoms with E-state index in [0.29, 0.717) is 29.8 Å². The van der Waals surface area contributed by atoms with Gasteiger partial charge in [-0.15, -0.1) is 0 Å². The van der Waals surface area contributed by atoms with Crippen LogP contribution in [0.2, 0.25) is 0 Å². The number of rotatable bonds is 8. The van der Waals surface area contributed by atoms with Gasteiger partial charge in [0.15, 0.2) is 5.13 Å². The molecule has 0 unspecified atom stereocenters. The Morgan fingerprint density at radius 1 is 1.16 bits per heavy atom. The van der Waals surface area contributed by atoms with Gasteiger partial charge in [-0.05, 0) is 55.3 Å². The molecule has 0 saturated carbocycles. The van der Waals surface area contributed by atoms with Crippen LogP contribution in [0, 0.1) is 6.92 Å². The van der Waals surface area contributed by atoms with Crippen LogP contribution in [0.1, 0.15) is 23.8 Å². The summed E-state index contributed by atoms with van der Waals surface area (Å²) in [5.74, 6) is 2.12. The SMILES string of the molecule is CCOc1ccc(CC(=O)N(Cc2ccco2)c2nc3c(OC)ccc(C)c3s2)cc1. The number of hydrogen-bond acceptors (Lipinski definition) is 6. The minimum atomic E-state index is -0.0590. The van der Waals surface area contributed by atoms with E-state index < -0.39 is 0 Å². The first-order valence-corrected chi connectivity index (χ1v) is 10.9. The van der Waals surface area contributed by atoms with E-state index in [1.807, 2.05) is 62.4 Å². The lowest BCUT2D eigenvalue weighted by molar-refractivity contribution is -0.118. The Morgan fingerprint density at radius 3 is 2.65 bits per heavy atom. The van der Waals surface area contributed by atoms with Gasteiger partial charge in [-0.1, -0.05) is 29.5 Å². The van der Waals surface area contributed by atoms with Gasteiger partial charge in [0.25, 0.3) is 0 Å². The van der Waals surface area contributed by atoms with E-state index in [-0.39, 0.29) is 12.3 Å². The molecule has 0 spiro atoms. The van der Waals surface area contributed by atoms with E-state index in [4.69, 9.17) is 18.9 Å². The average molecular weight is 437 g/mol. The Bertz CT molecular complexity index is 1170. The summed E-state index contributed by atoms with van der Waals surface area (Å²) in [7, 11) is 1.63. The average Bonchev–Trinajstić information content (AvgIpc) is 3.44. The number of methoxy groups -OCH3 is 1. The number of amides is 1. The Morgan fingerprint density at radius 2 is 1.97 bits per heavy atom. The quantitative estimate of drug-likeness (QED) is 0.371. The normalized spacial score (nSPS) is 10.9. The molecule has 31 heavy (non-hydrogen) atoms. The van der Waals surface area contributed by atoms with Crippen LogP contribution < -0.4 is 14.4 Å². The molecule has 6 nitrogen and oxygen atoms in total. The lowest BCUT2D eigenvalue weighted by Gasteiger charge is -2.19. The fraction of sp³-hybridized carbons (Fsp3) is 0.250. The minimum Gasteiger partial charge on any atom is -0.494 e. The highest BCUT2D eigenvalue weighted by Gasteiger charge is 2.23. The summed E-state index contributed by atoms with van der Waals surface area (Å²) in [6, 6.07) is 15.2. The predicted octanol–water partition coefficient (Wildman–Crippen LogP) is 5.38. The number of nitrogens with zero attached hydrogens (tertiary/aromatic N) is 2. The number of benzene rings is 2. The highest BCUT2D eigenvalue weighted by molar-refractivity contribution is 7.22. The van der Waals surface area contributed by atoms with E-state index in [1.54, 1.807) is 18.3 Å². The summed E-state index contributed by atoms with van der Waals surface area (Å²) in [6.45, 7) is 4.89. The molecule has 0 N–H and O–H groups in total. The third-order valence-electron chi connectivity index (χ3n) is 4.93. The molecule has 0 aliphatic rings. The van der Waals surface area contributed by atoms with Crippen molar-refractivity contribution in [2.45, 2.75) is 26.8 Å². The number of thiazole rings is 1. The molecule has 0 aliphatic heterocycles. The predicted molar refractivity (Wildman–Crippen MR) is 122 cm³/mol. The highest BCUT2D eigenvalue weighted by atomic mass is 32.1. The van der Waals surface area contributed by atoms with Crippen molar-refractivity contribution >= 4 is 32.6 Å². The lowest BCUT2D eigenvalue weighted by Crippen LogP contribution is -2.31. The molecule has 4 rings (SSSR count). The van der Waals surface area contributed by atoms with Crippen LogP contribution in [0.15, 0.2) is 59.2 Å². The Hall–Kier alpha value is -3.32. The molecule has 0 radical (unpaired) electrons. The highest BCUT2D eigenvalue weighted by Crippen LogP contribution is 2.37. The molecule has 7 heteroatoms. The van der Waals surface area contributed by atoms with Crippen molar-refractivity contribution in [2.75, 3.05) is 18.6 Å². The number of hydrogen-bond donors (Lipinski definition) is 0. The zero-order valence-electron chi connectivity index (χ0n) is 17.8. The molecule has 2 heterocycles. The maximum absolute atomic E-state index is 13.4. The third kappa shape index (κ3) is 4.56. The molecular formula is C24H24N2O4S. The smallest absolute Gasteiger partial charge is 0.233 e. The number of furan rings is 1. The minimum absolute atomic E-state index is 0.0590. The van der Waals surface area contributed by atoms with Crippen LogP contribution in [0.5, 0.6) is 11.5 Å². The second-order valence-corrected chi connectivity index (χ2v) is 8.05. The third-order valence-corrected chi connectivity index (χ3v) is 6.14. The van der Waals surface area contributed by atoms with Gasteiger partial charge in [0.05, 0.1) is 37.6 Å². The van der Waals surface area contributed by atoms with Crippen molar-refractivity contribution in [2.24, 2.45) is 0 Å². The Labute approximate surface area is 185 Å². The lowest BCUT2D eigenvalue weighted by atomic mass is 10.1. The number of aryl methyl sites for hydroxylation is 1. The molecule has 0 bridgehead atoms. The molecule has 2 aromatic carbocycles. The molecule has 0 aliphatic carbocycles. The summed E-state index contributed by atoms with van der Waals surface area (Å²) in [5.41, 5.74) is 2.77. The monoisotopic (exact) mass is 436 g/mol.